The highest BCUT2D eigenvalue weighted by atomic mass is 19.1. The Kier molecular flexibility index (Phi) is 4.74. The van der Waals surface area contributed by atoms with Gasteiger partial charge >= 0.3 is 0 Å². The zero-order chi connectivity index (χ0) is 20.8. The number of nitrogens with one attached hydrogen (secondary N) is 2. The molecule has 2 N–H and O–H groups in total. The summed E-state index contributed by atoms with van der Waals surface area (Å²) in [4.78, 5) is 4.13. The molecule has 4 atom stereocenters. The van der Waals surface area contributed by atoms with Crippen LogP contribution in [-0.2, 0) is 6.54 Å². The van der Waals surface area contributed by atoms with E-state index in [1.165, 1.54) is 30.5 Å². The zero-order valence-corrected chi connectivity index (χ0v) is 16.8. The monoisotopic (exact) mass is 406 g/mol. The number of halogens is 2. The van der Waals surface area contributed by atoms with Gasteiger partial charge in [-0.15, -0.1) is 0 Å². The molecule has 30 heavy (non-hydrogen) atoms. The van der Waals surface area contributed by atoms with Gasteiger partial charge < -0.3 is 5.32 Å². The molecule has 1 aromatic heterocycles. The van der Waals surface area contributed by atoms with Crippen molar-refractivity contribution in [1.29, 1.82) is 0 Å². The number of rotatable bonds is 5. The maximum atomic E-state index is 14.8. The predicted molar refractivity (Wildman–Crippen MR) is 112 cm³/mol. The van der Waals surface area contributed by atoms with Gasteiger partial charge in [0.15, 0.2) is 5.82 Å². The van der Waals surface area contributed by atoms with E-state index in [9.17, 15) is 8.78 Å². The Labute approximate surface area is 174 Å². The molecule has 0 aliphatic heterocycles. The molecule has 4 nitrogen and oxygen atoms in total. The average Bonchev–Trinajstić information content (AvgIpc) is 3.28. The van der Waals surface area contributed by atoms with Gasteiger partial charge in [-0.3, -0.25) is 5.10 Å². The number of hydrogen-bond donors (Lipinski definition) is 2. The number of allylic oxidation sites excluding steroid dienone is 1. The van der Waals surface area contributed by atoms with Crippen molar-refractivity contribution in [2.24, 2.45) is 17.8 Å². The number of nitrogens with zero attached hydrogens (tertiary/aromatic N) is 2. The average molecular weight is 406 g/mol. The van der Waals surface area contributed by atoms with Gasteiger partial charge in [-0.05, 0) is 59.9 Å². The molecule has 2 aromatic carbocycles. The lowest BCUT2D eigenvalue weighted by atomic mass is 9.56. The summed E-state index contributed by atoms with van der Waals surface area (Å²) in [5, 5.41) is 10.1. The molecule has 0 saturated heterocycles. The van der Waals surface area contributed by atoms with Crippen LogP contribution in [0.5, 0.6) is 0 Å². The Hall–Kier alpha value is -2.86. The number of benzene rings is 2. The van der Waals surface area contributed by atoms with Gasteiger partial charge in [0.2, 0.25) is 0 Å². The van der Waals surface area contributed by atoms with E-state index in [2.05, 4.69) is 34.0 Å². The van der Waals surface area contributed by atoms with Crippen molar-refractivity contribution >= 4 is 0 Å². The molecule has 3 aromatic rings. The van der Waals surface area contributed by atoms with Crippen LogP contribution in [0.3, 0.4) is 0 Å². The summed E-state index contributed by atoms with van der Waals surface area (Å²) in [6, 6.07) is 10.4. The molecular formula is C24H24F2N4. The highest BCUT2D eigenvalue weighted by Crippen LogP contribution is 2.52. The molecule has 3 saturated carbocycles. The summed E-state index contributed by atoms with van der Waals surface area (Å²) in [5.74, 6) is 1.05. The second-order valence-corrected chi connectivity index (χ2v) is 8.52. The van der Waals surface area contributed by atoms with Crippen LogP contribution >= 0.6 is 0 Å². The van der Waals surface area contributed by atoms with Gasteiger partial charge in [0.25, 0.3) is 0 Å². The van der Waals surface area contributed by atoms with E-state index >= 15 is 0 Å². The van der Waals surface area contributed by atoms with E-state index in [-0.39, 0.29) is 18.2 Å². The predicted octanol–water partition coefficient (Wildman–Crippen LogP) is 5.11. The number of H-pyrrole nitrogens is 1. The Morgan fingerprint density at radius 3 is 2.53 bits per heavy atom. The van der Waals surface area contributed by atoms with Crippen LogP contribution in [0.15, 0.2) is 54.9 Å². The maximum Gasteiger partial charge on any atom is 0.180 e. The van der Waals surface area contributed by atoms with Crippen LogP contribution in [0.2, 0.25) is 0 Å². The minimum absolute atomic E-state index is 0.0918. The first-order valence-corrected chi connectivity index (χ1v) is 10.4. The summed E-state index contributed by atoms with van der Waals surface area (Å²) in [6.45, 7) is 6.58. The first-order chi connectivity index (χ1) is 14.5. The molecule has 1 heterocycles. The van der Waals surface area contributed by atoms with Crippen molar-refractivity contribution in [3.8, 4) is 22.5 Å². The van der Waals surface area contributed by atoms with E-state index in [1.807, 2.05) is 24.3 Å². The van der Waals surface area contributed by atoms with Gasteiger partial charge in [0.05, 0.1) is 0 Å². The topological polar surface area (TPSA) is 53.6 Å². The molecular weight excluding hydrogens is 382 g/mol. The Bertz CT molecular complexity index is 1070. The molecule has 1 unspecified atom stereocenters. The minimum atomic E-state index is -0.529. The van der Waals surface area contributed by atoms with Crippen LogP contribution in [0.25, 0.3) is 22.5 Å². The second kappa shape index (κ2) is 7.43. The molecule has 3 aliphatic rings. The molecule has 0 radical (unpaired) electrons. The van der Waals surface area contributed by atoms with Crippen LogP contribution in [0.1, 0.15) is 25.3 Å². The SMILES string of the molecule is C=C1[C@H]2CC(NCc3c(F)cc(-c4cccc(-c5nc[nH]n5)c4)cc3F)[C@H](C)[C@H]1C2. The lowest BCUT2D eigenvalue weighted by molar-refractivity contribution is 0.101. The van der Waals surface area contributed by atoms with E-state index in [0.717, 1.165) is 12.0 Å². The molecule has 0 amide bonds. The van der Waals surface area contributed by atoms with Crippen LogP contribution in [0, 0.1) is 29.4 Å². The highest BCUT2D eigenvalue weighted by molar-refractivity contribution is 5.70. The van der Waals surface area contributed by atoms with E-state index < -0.39 is 11.6 Å². The highest BCUT2D eigenvalue weighted by Gasteiger charge is 2.46. The standard InChI is InChI=1S/C24H24F2N4/c1-13-17-7-19(13)14(2)23(10-17)27-11-20-21(25)8-18(9-22(20)26)15-4-3-5-16(6-15)24-28-12-29-30-24/h3-6,8-9,12,14,17,19,23,27H,1,7,10-11H2,2H3,(H,28,29,30)/t14-,17-,19+,23?/m1/s1. The first kappa shape index (κ1) is 19.1. The molecule has 0 spiro atoms. The number of aromatic nitrogens is 3. The lowest BCUT2D eigenvalue weighted by Crippen LogP contribution is -2.51. The van der Waals surface area contributed by atoms with Gasteiger partial charge in [-0.2, -0.15) is 5.10 Å². The summed E-state index contributed by atoms with van der Waals surface area (Å²) >= 11 is 0. The smallest absolute Gasteiger partial charge is 0.180 e. The lowest BCUT2D eigenvalue weighted by Gasteiger charge is -2.52. The summed E-state index contributed by atoms with van der Waals surface area (Å²) in [7, 11) is 0. The number of aromatic amines is 1. The third-order valence-corrected chi connectivity index (χ3v) is 6.90. The van der Waals surface area contributed by atoms with Crippen molar-refractivity contribution in [1.82, 2.24) is 20.5 Å². The molecule has 3 aliphatic carbocycles. The Balaban J connectivity index is 1.34. The Morgan fingerprint density at radius 2 is 1.87 bits per heavy atom. The zero-order valence-electron chi connectivity index (χ0n) is 16.8. The van der Waals surface area contributed by atoms with Crippen molar-refractivity contribution < 1.29 is 8.78 Å². The number of fused-ring (bicyclic) bond motifs is 2. The quantitative estimate of drug-likeness (QED) is 0.579. The fourth-order valence-electron chi connectivity index (χ4n) is 4.98. The summed E-state index contributed by atoms with van der Waals surface area (Å²) < 4.78 is 29.7. The summed E-state index contributed by atoms with van der Waals surface area (Å²) in [6.07, 6.45) is 3.71. The molecule has 154 valence electrons. The minimum Gasteiger partial charge on any atom is -0.309 e. The van der Waals surface area contributed by atoms with Crippen LogP contribution in [-0.4, -0.2) is 21.2 Å². The van der Waals surface area contributed by atoms with Crippen LogP contribution < -0.4 is 5.32 Å². The van der Waals surface area contributed by atoms with Crippen LogP contribution in [0.4, 0.5) is 8.78 Å². The summed E-state index contributed by atoms with van der Waals surface area (Å²) in [5.41, 5.74) is 3.44. The largest absolute Gasteiger partial charge is 0.309 e. The van der Waals surface area contributed by atoms with Gasteiger partial charge in [-0.25, -0.2) is 13.8 Å². The van der Waals surface area contributed by atoms with E-state index in [0.29, 0.717) is 34.7 Å². The molecule has 3 fully saturated rings. The van der Waals surface area contributed by atoms with E-state index in [1.54, 1.807) is 0 Å². The molecule has 2 bridgehead atoms. The van der Waals surface area contributed by atoms with Gasteiger partial charge in [0, 0.05) is 23.7 Å². The second-order valence-electron chi connectivity index (χ2n) is 8.52. The van der Waals surface area contributed by atoms with Gasteiger partial charge in [0.1, 0.15) is 18.0 Å². The number of hydrogen-bond acceptors (Lipinski definition) is 3. The molecule has 6 heteroatoms. The van der Waals surface area contributed by atoms with E-state index in [4.69, 9.17) is 0 Å². The fraction of sp³-hybridized carbons (Fsp3) is 0.333. The third kappa shape index (κ3) is 3.25. The van der Waals surface area contributed by atoms with Crippen molar-refractivity contribution in [2.75, 3.05) is 0 Å². The maximum absolute atomic E-state index is 14.8. The normalized spacial score (nSPS) is 25.2. The van der Waals surface area contributed by atoms with Crippen molar-refractivity contribution in [3.63, 3.8) is 0 Å². The van der Waals surface area contributed by atoms with Crippen molar-refractivity contribution in [3.05, 3.63) is 72.1 Å². The van der Waals surface area contributed by atoms with Crippen molar-refractivity contribution in [2.45, 2.75) is 32.4 Å². The molecule has 6 rings (SSSR count). The van der Waals surface area contributed by atoms with Gasteiger partial charge in [-0.1, -0.05) is 37.3 Å². The Morgan fingerprint density at radius 1 is 1.10 bits per heavy atom. The fourth-order valence-corrected chi connectivity index (χ4v) is 4.98. The third-order valence-electron chi connectivity index (χ3n) is 6.90. The first-order valence-electron chi connectivity index (χ1n) is 10.4.